The van der Waals surface area contributed by atoms with Crippen molar-refractivity contribution in [3.63, 3.8) is 0 Å². The maximum atomic E-state index is 12.4. The van der Waals surface area contributed by atoms with Gasteiger partial charge in [0.05, 0.1) is 16.2 Å². The maximum Gasteiger partial charge on any atom is 0.274 e. The minimum Gasteiger partial charge on any atom is -0.326 e. The molecular formula is C23H20N2O4. The lowest BCUT2D eigenvalue weighted by Crippen LogP contribution is -2.14. The quantitative estimate of drug-likeness (QED) is 0.343. The zero-order valence-corrected chi connectivity index (χ0v) is 15.9. The Kier molecular flexibility index (Phi) is 6.14. The molecule has 6 heteroatoms. The number of nitrogens with zero attached hydrogens (tertiary/aromatic N) is 1. The fourth-order valence-electron chi connectivity index (χ4n) is 3.02. The fraction of sp³-hybridized carbons (Fsp3) is 0.130. The minimum atomic E-state index is -0.492. The molecule has 0 atom stereocenters. The van der Waals surface area contributed by atoms with Crippen molar-refractivity contribution in [3.8, 4) is 11.1 Å². The molecule has 0 aromatic heterocycles. The van der Waals surface area contributed by atoms with Crippen LogP contribution in [0.4, 0.5) is 11.4 Å². The van der Waals surface area contributed by atoms with Gasteiger partial charge < -0.3 is 5.32 Å². The molecule has 0 aliphatic carbocycles. The van der Waals surface area contributed by atoms with Gasteiger partial charge in [0.2, 0.25) is 5.91 Å². The number of anilines is 1. The standard InChI is InChI=1S/C23H20N2O4/c1-16-20(8-5-9-21(16)25(28)29)24-23(27)15-14-22(26)19-12-10-18(11-13-19)17-6-3-2-4-7-17/h2-13H,14-15H2,1H3,(H,24,27). The Hall–Kier alpha value is -3.80. The molecule has 3 aromatic carbocycles. The van der Waals surface area contributed by atoms with Crippen LogP contribution in [0.3, 0.4) is 0 Å². The smallest absolute Gasteiger partial charge is 0.274 e. The molecule has 6 nitrogen and oxygen atoms in total. The first-order valence-electron chi connectivity index (χ1n) is 9.18. The average molecular weight is 388 g/mol. The number of nitrogens with one attached hydrogen (secondary N) is 1. The van der Waals surface area contributed by atoms with Crippen LogP contribution in [-0.4, -0.2) is 16.6 Å². The highest BCUT2D eigenvalue weighted by Crippen LogP contribution is 2.25. The Balaban J connectivity index is 1.59. The van der Waals surface area contributed by atoms with Crippen molar-refractivity contribution in [3.05, 3.63) is 94.0 Å². The monoisotopic (exact) mass is 388 g/mol. The van der Waals surface area contributed by atoms with E-state index in [9.17, 15) is 19.7 Å². The molecule has 3 rings (SSSR count). The third-order valence-electron chi connectivity index (χ3n) is 4.67. The first kappa shape index (κ1) is 19.9. The van der Waals surface area contributed by atoms with Crippen LogP contribution >= 0.6 is 0 Å². The molecule has 0 fully saturated rings. The van der Waals surface area contributed by atoms with Crippen molar-refractivity contribution >= 4 is 23.1 Å². The van der Waals surface area contributed by atoms with Crippen molar-refractivity contribution in [2.45, 2.75) is 19.8 Å². The molecule has 0 saturated carbocycles. The summed E-state index contributed by atoms with van der Waals surface area (Å²) in [7, 11) is 0. The second kappa shape index (κ2) is 8.93. The van der Waals surface area contributed by atoms with Gasteiger partial charge in [-0.15, -0.1) is 0 Å². The van der Waals surface area contributed by atoms with E-state index in [1.165, 1.54) is 12.1 Å². The molecular weight excluding hydrogens is 368 g/mol. The zero-order valence-electron chi connectivity index (χ0n) is 15.9. The molecule has 0 spiro atoms. The number of hydrogen-bond donors (Lipinski definition) is 1. The van der Waals surface area contributed by atoms with Gasteiger partial charge in [0.25, 0.3) is 5.69 Å². The minimum absolute atomic E-state index is 0.00139. The van der Waals surface area contributed by atoms with Crippen LogP contribution in [0.1, 0.15) is 28.8 Å². The van der Waals surface area contributed by atoms with Crippen molar-refractivity contribution in [2.24, 2.45) is 0 Å². The normalized spacial score (nSPS) is 10.4. The second-order valence-corrected chi connectivity index (χ2v) is 6.62. The predicted octanol–water partition coefficient (Wildman–Crippen LogP) is 5.17. The number of rotatable bonds is 7. The number of nitro groups is 1. The predicted molar refractivity (Wildman–Crippen MR) is 112 cm³/mol. The third-order valence-corrected chi connectivity index (χ3v) is 4.67. The van der Waals surface area contributed by atoms with E-state index in [2.05, 4.69) is 5.32 Å². The largest absolute Gasteiger partial charge is 0.326 e. The van der Waals surface area contributed by atoms with E-state index in [0.717, 1.165) is 11.1 Å². The molecule has 3 aromatic rings. The average Bonchev–Trinajstić information content (AvgIpc) is 2.74. The summed E-state index contributed by atoms with van der Waals surface area (Å²) in [6.07, 6.45) is 0.0614. The first-order chi connectivity index (χ1) is 14.0. The number of hydrogen-bond acceptors (Lipinski definition) is 4. The van der Waals surface area contributed by atoms with Crippen molar-refractivity contribution in [1.82, 2.24) is 0 Å². The molecule has 0 aliphatic heterocycles. The molecule has 0 unspecified atom stereocenters. The third kappa shape index (κ3) is 4.93. The number of ketones is 1. The molecule has 1 N–H and O–H groups in total. The lowest BCUT2D eigenvalue weighted by Gasteiger charge is -2.08. The number of carbonyl (C=O) groups excluding carboxylic acids is 2. The van der Waals surface area contributed by atoms with Crippen molar-refractivity contribution in [1.29, 1.82) is 0 Å². The summed E-state index contributed by atoms with van der Waals surface area (Å²) in [5.41, 5.74) is 3.33. The second-order valence-electron chi connectivity index (χ2n) is 6.62. The molecule has 0 radical (unpaired) electrons. The summed E-state index contributed by atoms with van der Waals surface area (Å²) >= 11 is 0. The summed E-state index contributed by atoms with van der Waals surface area (Å²) in [5.74, 6) is -0.488. The molecule has 146 valence electrons. The van der Waals surface area contributed by atoms with Crippen LogP contribution in [-0.2, 0) is 4.79 Å². The number of carbonyl (C=O) groups is 2. The summed E-state index contributed by atoms with van der Waals surface area (Å²) in [6.45, 7) is 1.58. The number of nitro benzene ring substituents is 1. The van der Waals surface area contributed by atoms with Crippen LogP contribution in [0.25, 0.3) is 11.1 Å². The van der Waals surface area contributed by atoms with Crippen LogP contribution in [0, 0.1) is 17.0 Å². The van der Waals surface area contributed by atoms with E-state index in [1.807, 2.05) is 42.5 Å². The molecule has 29 heavy (non-hydrogen) atoms. The van der Waals surface area contributed by atoms with E-state index in [-0.39, 0.29) is 30.2 Å². The van der Waals surface area contributed by atoms with Crippen molar-refractivity contribution < 1.29 is 14.5 Å². The summed E-state index contributed by atoms with van der Waals surface area (Å²) < 4.78 is 0. The van der Waals surface area contributed by atoms with Crippen LogP contribution in [0.2, 0.25) is 0 Å². The Morgan fingerprint density at radius 1 is 0.862 bits per heavy atom. The molecule has 0 bridgehead atoms. The Labute approximate surface area is 168 Å². The first-order valence-corrected chi connectivity index (χ1v) is 9.18. The van der Waals surface area contributed by atoms with Gasteiger partial charge in [-0.05, 0) is 24.1 Å². The lowest BCUT2D eigenvalue weighted by atomic mass is 10.0. The Morgan fingerprint density at radius 2 is 1.52 bits per heavy atom. The van der Waals surface area contributed by atoms with Crippen LogP contribution < -0.4 is 5.32 Å². The van der Waals surface area contributed by atoms with Gasteiger partial charge in [0.15, 0.2) is 5.78 Å². The summed E-state index contributed by atoms with van der Waals surface area (Å²) in [4.78, 5) is 35.1. The van der Waals surface area contributed by atoms with Gasteiger partial charge in [-0.1, -0.05) is 60.7 Å². The van der Waals surface area contributed by atoms with E-state index in [4.69, 9.17) is 0 Å². The van der Waals surface area contributed by atoms with Gasteiger partial charge in [-0.2, -0.15) is 0 Å². The van der Waals surface area contributed by atoms with E-state index in [0.29, 0.717) is 16.8 Å². The van der Waals surface area contributed by atoms with Gasteiger partial charge in [-0.25, -0.2) is 0 Å². The fourth-order valence-corrected chi connectivity index (χ4v) is 3.02. The van der Waals surface area contributed by atoms with E-state index < -0.39 is 4.92 Å². The number of benzene rings is 3. The molecule has 0 aliphatic rings. The summed E-state index contributed by atoms with van der Waals surface area (Å²) in [6, 6.07) is 21.6. The SMILES string of the molecule is Cc1c(NC(=O)CCC(=O)c2ccc(-c3ccccc3)cc2)cccc1[N+](=O)[O-]. The Morgan fingerprint density at radius 3 is 2.17 bits per heavy atom. The van der Waals surface area contributed by atoms with Gasteiger partial charge in [0.1, 0.15) is 0 Å². The highest BCUT2D eigenvalue weighted by molar-refractivity contribution is 6.00. The highest BCUT2D eigenvalue weighted by Gasteiger charge is 2.15. The maximum absolute atomic E-state index is 12.4. The van der Waals surface area contributed by atoms with Gasteiger partial charge in [-0.3, -0.25) is 19.7 Å². The lowest BCUT2D eigenvalue weighted by molar-refractivity contribution is -0.385. The number of amides is 1. The van der Waals surface area contributed by atoms with Crippen LogP contribution in [0.5, 0.6) is 0 Å². The molecule has 0 heterocycles. The summed E-state index contributed by atoms with van der Waals surface area (Å²) in [5, 5.41) is 13.6. The molecule has 0 saturated heterocycles. The van der Waals surface area contributed by atoms with Gasteiger partial charge >= 0.3 is 0 Å². The molecule has 1 amide bonds. The van der Waals surface area contributed by atoms with E-state index in [1.54, 1.807) is 25.1 Å². The topological polar surface area (TPSA) is 89.3 Å². The van der Waals surface area contributed by atoms with Gasteiger partial charge in [0, 0.05) is 24.5 Å². The van der Waals surface area contributed by atoms with E-state index >= 15 is 0 Å². The zero-order chi connectivity index (χ0) is 20.8. The Bertz CT molecular complexity index is 1040. The van der Waals surface area contributed by atoms with Crippen LogP contribution in [0.15, 0.2) is 72.8 Å². The highest BCUT2D eigenvalue weighted by atomic mass is 16.6. The number of Topliss-reactive ketones (excluding diaryl/α,β-unsaturated/α-hetero) is 1. The van der Waals surface area contributed by atoms with Crippen molar-refractivity contribution in [2.75, 3.05) is 5.32 Å².